The first-order chi connectivity index (χ1) is 9.76. The predicted molar refractivity (Wildman–Crippen MR) is 82.4 cm³/mol. The first-order valence-corrected chi connectivity index (χ1v) is 7.66. The summed E-state index contributed by atoms with van der Waals surface area (Å²) in [5, 5.41) is 3.59. The normalized spacial score (nSPS) is 22.6. The summed E-state index contributed by atoms with van der Waals surface area (Å²) in [6, 6.07) is 6.05. The van der Waals surface area contributed by atoms with Crippen LogP contribution in [0.2, 0.25) is 0 Å². The van der Waals surface area contributed by atoms with Gasteiger partial charge in [0.2, 0.25) is 0 Å². The Bertz CT molecular complexity index is 419. The molecule has 1 saturated carbocycles. The minimum absolute atomic E-state index is 0.804. The summed E-state index contributed by atoms with van der Waals surface area (Å²) in [4.78, 5) is 0. The maximum absolute atomic E-state index is 5.47. The topological polar surface area (TPSA) is 30.5 Å². The van der Waals surface area contributed by atoms with Crippen molar-refractivity contribution in [2.75, 3.05) is 20.8 Å². The van der Waals surface area contributed by atoms with Gasteiger partial charge in [0.25, 0.3) is 0 Å². The van der Waals surface area contributed by atoms with Crippen LogP contribution in [-0.4, -0.2) is 20.8 Å². The molecule has 0 amide bonds. The fraction of sp³-hybridized carbons (Fsp3) is 0.647. The van der Waals surface area contributed by atoms with Crippen LogP contribution in [0, 0.1) is 11.8 Å². The van der Waals surface area contributed by atoms with E-state index in [0.29, 0.717) is 0 Å². The number of hydrogen-bond acceptors (Lipinski definition) is 3. The monoisotopic (exact) mass is 277 g/mol. The molecular weight excluding hydrogens is 250 g/mol. The van der Waals surface area contributed by atoms with Gasteiger partial charge in [-0.1, -0.05) is 38.3 Å². The molecule has 1 aliphatic rings. The highest BCUT2D eigenvalue weighted by molar-refractivity contribution is 5.46. The van der Waals surface area contributed by atoms with E-state index in [1.54, 1.807) is 14.2 Å². The van der Waals surface area contributed by atoms with E-state index in [4.69, 9.17) is 9.47 Å². The second-order valence-electron chi connectivity index (χ2n) is 5.81. The molecule has 1 aromatic rings. The maximum Gasteiger partial charge on any atom is 0.165 e. The van der Waals surface area contributed by atoms with Crippen LogP contribution in [-0.2, 0) is 6.54 Å². The minimum atomic E-state index is 0.804. The molecule has 1 aliphatic carbocycles. The number of methoxy groups -OCH3 is 2. The molecule has 0 spiro atoms. The fourth-order valence-corrected chi connectivity index (χ4v) is 3.18. The summed E-state index contributed by atoms with van der Waals surface area (Å²) in [7, 11) is 3.38. The van der Waals surface area contributed by atoms with Crippen molar-refractivity contribution in [2.24, 2.45) is 11.8 Å². The van der Waals surface area contributed by atoms with Crippen LogP contribution < -0.4 is 14.8 Å². The third-order valence-corrected chi connectivity index (χ3v) is 4.50. The number of nitrogens with one attached hydrogen (secondary N) is 1. The third-order valence-electron chi connectivity index (χ3n) is 4.50. The van der Waals surface area contributed by atoms with Crippen LogP contribution in [0.25, 0.3) is 0 Å². The van der Waals surface area contributed by atoms with E-state index in [2.05, 4.69) is 18.3 Å². The minimum Gasteiger partial charge on any atom is -0.493 e. The predicted octanol–water partition coefficient (Wildman–Crippen LogP) is 3.62. The van der Waals surface area contributed by atoms with E-state index in [1.807, 2.05) is 12.1 Å². The molecule has 2 atom stereocenters. The highest BCUT2D eigenvalue weighted by Crippen LogP contribution is 2.31. The number of para-hydroxylation sites is 1. The Balaban J connectivity index is 1.90. The van der Waals surface area contributed by atoms with Crippen LogP contribution in [0.4, 0.5) is 0 Å². The zero-order valence-electron chi connectivity index (χ0n) is 12.9. The highest BCUT2D eigenvalue weighted by Gasteiger charge is 2.20. The van der Waals surface area contributed by atoms with Gasteiger partial charge in [0.05, 0.1) is 14.2 Å². The summed E-state index contributed by atoms with van der Waals surface area (Å²) >= 11 is 0. The lowest BCUT2D eigenvalue weighted by atomic mass is 9.80. The summed E-state index contributed by atoms with van der Waals surface area (Å²) in [5.74, 6) is 3.32. The van der Waals surface area contributed by atoms with Gasteiger partial charge in [-0.3, -0.25) is 0 Å². The van der Waals surface area contributed by atoms with Crippen molar-refractivity contribution in [2.45, 2.75) is 39.2 Å². The van der Waals surface area contributed by atoms with E-state index in [0.717, 1.165) is 42.0 Å². The molecule has 0 radical (unpaired) electrons. The maximum atomic E-state index is 5.47. The van der Waals surface area contributed by atoms with Crippen molar-refractivity contribution < 1.29 is 9.47 Å². The van der Waals surface area contributed by atoms with Gasteiger partial charge in [0.15, 0.2) is 11.5 Å². The largest absolute Gasteiger partial charge is 0.493 e. The van der Waals surface area contributed by atoms with Crippen LogP contribution >= 0.6 is 0 Å². The Labute approximate surface area is 122 Å². The van der Waals surface area contributed by atoms with Gasteiger partial charge in [0, 0.05) is 12.1 Å². The molecule has 0 bridgehead atoms. The first kappa shape index (κ1) is 15.2. The van der Waals surface area contributed by atoms with Gasteiger partial charge in [-0.15, -0.1) is 0 Å². The van der Waals surface area contributed by atoms with Crippen molar-refractivity contribution in [1.29, 1.82) is 0 Å². The van der Waals surface area contributed by atoms with E-state index >= 15 is 0 Å². The van der Waals surface area contributed by atoms with Crippen LogP contribution in [0.5, 0.6) is 11.5 Å². The fourth-order valence-electron chi connectivity index (χ4n) is 3.18. The van der Waals surface area contributed by atoms with Crippen molar-refractivity contribution in [3.8, 4) is 11.5 Å². The number of ether oxygens (including phenoxy) is 2. The van der Waals surface area contributed by atoms with Crippen molar-refractivity contribution in [1.82, 2.24) is 5.32 Å². The molecule has 0 aliphatic heterocycles. The zero-order valence-corrected chi connectivity index (χ0v) is 12.9. The quantitative estimate of drug-likeness (QED) is 0.861. The van der Waals surface area contributed by atoms with Gasteiger partial charge >= 0.3 is 0 Å². The molecule has 2 unspecified atom stereocenters. The molecule has 2 rings (SSSR count). The molecule has 3 nitrogen and oxygen atoms in total. The van der Waals surface area contributed by atoms with E-state index < -0.39 is 0 Å². The second-order valence-corrected chi connectivity index (χ2v) is 5.81. The Kier molecular flexibility index (Phi) is 5.72. The molecule has 1 fully saturated rings. The highest BCUT2D eigenvalue weighted by atomic mass is 16.5. The van der Waals surface area contributed by atoms with Crippen molar-refractivity contribution >= 4 is 0 Å². The van der Waals surface area contributed by atoms with Gasteiger partial charge < -0.3 is 14.8 Å². The van der Waals surface area contributed by atoms with Gasteiger partial charge in [0.1, 0.15) is 0 Å². The zero-order chi connectivity index (χ0) is 14.4. The van der Waals surface area contributed by atoms with E-state index in [1.165, 1.54) is 25.7 Å². The first-order valence-electron chi connectivity index (χ1n) is 7.66. The average Bonchev–Trinajstić information content (AvgIpc) is 2.48. The molecule has 0 aromatic heterocycles. The lowest BCUT2D eigenvalue weighted by Gasteiger charge is -2.29. The molecule has 3 heteroatoms. The van der Waals surface area contributed by atoms with Crippen LogP contribution in [0.1, 0.15) is 38.2 Å². The Hall–Kier alpha value is -1.22. The molecule has 0 heterocycles. The number of rotatable bonds is 6. The standard InChI is InChI=1S/C17H27NO2/c1-13-7-4-5-8-14(13)11-18-12-15-9-6-10-16(19-2)17(15)20-3/h6,9-10,13-14,18H,4-5,7-8,11-12H2,1-3H3. The summed E-state index contributed by atoms with van der Waals surface area (Å²) in [5.41, 5.74) is 1.16. The van der Waals surface area contributed by atoms with E-state index in [-0.39, 0.29) is 0 Å². The summed E-state index contributed by atoms with van der Waals surface area (Å²) < 4.78 is 10.8. The molecular formula is C17H27NO2. The average molecular weight is 277 g/mol. The molecule has 1 aromatic carbocycles. The Morgan fingerprint density at radius 3 is 2.65 bits per heavy atom. The molecule has 0 saturated heterocycles. The molecule has 112 valence electrons. The van der Waals surface area contributed by atoms with E-state index in [9.17, 15) is 0 Å². The van der Waals surface area contributed by atoms with Crippen molar-refractivity contribution in [3.05, 3.63) is 23.8 Å². The van der Waals surface area contributed by atoms with Gasteiger partial charge in [-0.25, -0.2) is 0 Å². The van der Waals surface area contributed by atoms with Gasteiger partial charge in [-0.05, 0) is 30.9 Å². The Morgan fingerprint density at radius 2 is 1.95 bits per heavy atom. The number of hydrogen-bond donors (Lipinski definition) is 1. The molecule has 20 heavy (non-hydrogen) atoms. The number of benzene rings is 1. The SMILES string of the molecule is COc1cccc(CNCC2CCCCC2C)c1OC. The lowest BCUT2D eigenvalue weighted by molar-refractivity contribution is 0.247. The second kappa shape index (κ2) is 7.53. The summed E-state index contributed by atoms with van der Waals surface area (Å²) in [6.45, 7) is 4.32. The van der Waals surface area contributed by atoms with Crippen LogP contribution in [0.15, 0.2) is 18.2 Å². The third kappa shape index (κ3) is 3.66. The Morgan fingerprint density at radius 1 is 1.15 bits per heavy atom. The lowest BCUT2D eigenvalue weighted by Crippen LogP contribution is -2.29. The molecule has 1 N–H and O–H groups in total. The van der Waals surface area contributed by atoms with Crippen LogP contribution in [0.3, 0.4) is 0 Å². The summed E-state index contributed by atoms with van der Waals surface area (Å²) in [6.07, 6.45) is 5.54. The smallest absolute Gasteiger partial charge is 0.165 e. The van der Waals surface area contributed by atoms with Crippen molar-refractivity contribution in [3.63, 3.8) is 0 Å². The van der Waals surface area contributed by atoms with Gasteiger partial charge in [-0.2, -0.15) is 0 Å².